The zero-order valence-corrected chi connectivity index (χ0v) is 9.64. The summed E-state index contributed by atoms with van der Waals surface area (Å²) in [7, 11) is 0.871. The molecule has 0 unspecified atom stereocenters. The molecule has 0 saturated heterocycles. The monoisotopic (exact) mass is 160 g/mol. The molecule has 0 aromatic rings. The van der Waals surface area contributed by atoms with Crippen molar-refractivity contribution in [2.45, 2.75) is 25.3 Å². The predicted molar refractivity (Wildman–Crippen MR) is 48.4 cm³/mol. The molecule has 0 aromatic carbocycles. The van der Waals surface area contributed by atoms with Crippen LogP contribution in [0, 0.1) is 0 Å². The van der Waals surface area contributed by atoms with E-state index in [9.17, 15) is 0 Å². The summed E-state index contributed by atoms with van der Waals surface area (Å²) >= 11 is 0. The van der Waals surface area contributed by atoms with Crippen LogP contribution >= 0.6 is 0 Å². The quantitative estimate of drug-likeness (QED) is 0.305. The van der Waals surface area contributed by atoms with Crippen molar-refractivity contribution in [3.63, 3.8) is 0 Å². The minimum atomic E-state index is -0.0788. The highest BCUT2D eigenvalue weighted by Crippen LogP contribution is 1.99. The van der Waals surface area contributed by atoms with E-state index in [1.54, 1.807) is 0 Å². The highest BCUT2D eigenvalue weighted by atomic mass is 28.3. The fraction of sp³-hybridized carbons (Fsp3) is 0.667. The second kappa shape index (κ2) is 8.13. The Labute approximate surface area is 63.0 Å². The van der Waals surface area contributed by atoms with Crippen molar-refractivity contribution in [2.24, 2.45) is 0 Å². The molecule has 0 atom stereocenters. The first-order valence-electron chi connectivity index (χ1n) is 3.51. The van der Waals surface area contributed by atoms with Crippen LogP contribution in [-0.4, -0.2) is 20.2 Å². The third-order valence-corrected chi connectivity index (χ3v) is 3.68. The maximum Gasteiger partial charge on any atom is 0.145 e. The van der Waals surface area contributed by atoms with Gasteiger partial charge in [0.05, 0.1) is 0 Å². The fourth-order valence-corrected chi connectivity index (χ4v) is 2.42. The van der Waals surface area contributed by atoms with Gasteiger partial charge in [0, 0.05) is 0 Å². The van der Waals surface area contributed by atoms with Gasteiger partial charge < -0.3 is 4.12 Å². The Balaban J connectivity index is 2.66. The van der Waals surface area contributed by atoms with Crippen LogP contribution in [0.3, 0.4) is 0 Å². The van der Waals surface area contributed by atoms with Gasteiger partial charge in [-0.3, -0.25) is 0 Å². The molecule has 0 heterocycles. The smallest absolute Gasteiger partial charge is 0.145 e. The molecule has 0 rings (SSSR count). The van der Waals surface area contributed by atoms with Crippen molar-refractivity contribution in [3.05, 3.63) is 12.7 Å². The average molecular weight is 160 g/mol. The van der Waals surface area contributed by atoms with Gasteiger partial charge in [-0.25, -0.2) is 0 Å². The van der Waals surface area contributed by atoms with Crippen LogP contribution in [-0.2, 0) is 4.12 Å². The van der Waals surface area contributed by atoms with E-state index >= 15 is 0 Å². The Hall–Kier alpha value is 0.134. The van der Waals surface area contributed by atoms with Gasteiger partial charge >= 0.3 is 0 Å². The lowest BCUT2D eigenvalue weighted by atomic mass is 10.2. The summed E-state index contributed by atoms with van der Waals surface area (Å²) in [6.07, 6.45) is 5.82. The lowest BCUT2D eigenvalue weighted by Gasteiger charge is -1.95. The summed E-state index contributed by atoms with van der Waals surface area (Å²) in [5.74, 6) is 0. The van der Waals surface area contributed by atoms with Gasteiger partial charge in [-0.1, -0.05) is 18.9 Å². The molecule has 0 amide bonds. The van der Waals surface area contributed by atoms with Gasteiger partial charge in [-0.15, -0.1) is 6.58 Å². The van der Waals surface area contributed by atoms with E-state index < -0.39 is 0 Å². The largest absolute Gasteiger partial charge is 0.468 e. The second-order valence-electron chi connectivity index (χ2n) is 2.13. The van der Waals surface area contributed by atoms with E-state index in [0.29, 0.717) is 0 Å². The first kappa shape index (κ1) is 9.13. The molecule has 0 aliphatic heterocycles. The van der Waals surface area contributed by atoms with Crippen molar-refractivity contribution in [3.8, 4) is 0 Å². The molecule has 9 heavy (non-hydrogen) atoms. The van der Waals surface area contributed by atoms with Crippen LogP contribution in [0.5, 0.6) is 0 Å². The molecule has 0 radical (unpaired) electrons. The third-order valence-electron chi connectivity index (χ3n) is 1.26. The zero-order chi connectivity index (χ0) is 6.95. The summed E-state index contributed by atoms with van der Waals surface area (Å²) in [5, 5.41) is 0. The molecule has 0 bridgehead atoms. The Bertz CT molecular complexity index is 66.1. The summed E-state index contributed by atoms with van der Waals surface area (Å²) in [6.45, 7) is 3.67. The Morgan fingerprint density at radius 3 is 2.89 bits per heavy atom. The van der Waals surface area contributed by atoms with Gasteiger partial charge in [0.15, 0.2) is 0 Å². The predicted octanol–water partition coefficient (Wildman–Crippen LogP) is 0.142. The molecule has 3 heteroatoms. The molecular weight excluding hydrogens is 144 g/mol. The van der Waals surface area contributed by atoms with E-state index in [1.165, 1.54) is 25.3 Å². The minimum absolute atomic E-state index is 0.0788. The van der Waals surface area contributed by atoms with Crippen LogP contribution in [0.25, 0.3) is 0 Å². The summed E-state index contributed by atoms with van der Waals surface area (Å²) < 4.78 is 5.17. The molecule has 0 spiro atoms. The average Bonchev–Trinajstić information content (AvgIpc) is 1.89. The van der Waals surface area contributed by atoms with Gasteiger partial charge in [0.25, 0.3) is 0 Å². The maximum absolute atomic E-state index is 5.17. The molecule has 0 N–H and O–H groups in total. The van der Waals surface area contributed by atoms with E-state index in [0.717, 1.165) is 10.5 Å². The van der Waals surface area contributed by atoms with Crippen LogP contribution in [0.4, 0.5) is 0 Å². The zero-order valence-electron chi connectivity index (χ0n) is 6.23. The molecule has 1 nitrogen and oxygen atoms in total. The molecule has 0 aliphatic carbocycles. The molecule has 54 valence electrons. The van der Waals surface area contributed by atoms with Gasteiger partial charge in [0.1, 0.15) is 20.2 Å². The number of hydrogen-bond donors (Lipinski definition) is 0. The van der Waals surface area contributed by atoms with Crippen molar-refractivity contribution in [1.29, 1.82) is 0 Å². The number of unbranched alkanes of at least 4 members (excludes halogenated alkanes) is 2. The summed E-state index contributed by atoms with van der Waals surface area (Å²) in [4.78, 5) is 0. The maximum atomic E-state index is 5.17. The number of hydrogen-bond acceptors (Lipinski definition) is 1. The standard InChI is InChI=1S/C6H16OSi2/c1-2-3-4-5-6-9-7-8/h2H,1,3-6,9H2,8H3. The lowest BCUT2D eigenvalue weighted by molar-refractivity contribution is 0.649. The highest BCUT2D eigenvalue weighted by Gasteiger charge is 1.85. The first-order chi connectivity index (χ1) is 4.41. The molecule has 0 fully saturated rings. The normalized spacial score (nSPS) is 11.1. The first-order valence-corrected chi connectivity index (χ1v) is 5.91. The van der Waals surface area contributed by atoms with Crippen LogP contribution in [0.1, 0.15) is 19.3 Å². The van der Waals surface area contributed by atoms with E-state index in [2.05, 4.69) is 6.58 Å². The Kier molecular flexibility index (Phi) is 8.25. The summed E-state index contributed by atoms with van der Waals surface area (Å²) in [5.41, 5.74) is 0. The topological polar surface area (TPSA) is 9.23 Å². The van der Waals surface area contributed by atoms with Gasteiger partial charge in [-0.2, -0.15) is 0 Å². The van der Waals surface area contributed by atoms with Gasteiger partial charge in [-0.05, 0) is 12.5 Å². The molecule has 0 aliphatic rings. The van der Waals surface area contributed by atoms with Crippen LogP contribution < -0.4 is 0 Å². The van der Waals surface area contributed by atoms with Crippen LogP contribution in [0.15, 0.2) is 12.7 Å². The summed E-state index contributed by atoms with van der Waals surface area (Å²) in [6, 6.07) is 1.36. The van der Waals surface area contributed by atoms with E-state index in [4.69, 9.17) is 4.12 Å². The van der Waals surface area contributed by atoms with Crippen molar-refractivity contribution < 1.29 is 4.12 Å². The van der Waals surface area contributed by atoms with Crippen molar-refractivity contribution in [1.82, 2.24) is 0 Å². The van der Waals surface area contributed by atoms with E-state index in [1.807, 2.05) is 6.08 Å². The fourth-order valence-electron chi connectivity index (χ4n) is 0.712. The third kappa shape index (κ3) is 8.13. The van der Waals surface area contributed by atoms with Crippen LogP contribution in [0.2, 0.25) is 6.04 Å². The second-order valence-corrected chi connectivity index (χ2v) is 5.56. The van der Waals surface area contributed by atoms with Gasteiger partial charge in [0.2, 0.25) is 0 Å². The SMILES string of the molecule is C=CCCCC[SiH2]O[SiH3]. The Morgan fingerprint density at radius 1 is 1.56 bits per heavy atom. The minimum Gasteiger partial charge on any atom is -0.468 e. The molecule has 0 aromatic heterocycles. The molecule has 0 saturated carbocycles. The van der Waals surface area contributed by atoms with Crippen molar-refractivity contribution >= 4 is 20.2 Å². The molecular formula is C6H16OSi2. The van der Waals surface area contributed by atoms with Crippen molar-refractivity contribution in [2.75, 3.05) is 0 Å². The Morgan fingerprint density at radius 2 is 2.33 bits per heavy atom. The van der Waals surface area contributed by atoms with E-state index in [-0.39, 0.29) is 9.76 Å². The number of rotatable bonds is 6. The lowest BCUT2D eigenvalue weighted by Crippen LogP contribution is -1.92. The highest BCUT2D eigenvalue weighted by molar-refractivity contribution is 6.34. The number of allylic oxidation sites excluding steroid dienone is 1.